The lowest BCUT2D eigenvalue weighted by molar-refractivity contribution is 0.262. The topological polar surface area (TPSA) is 76.0 Å². The highest BCUT2D eigenvalue weighted by Gasteiger charge is 2.12. The van der Waals surface area contributed by atoms with E-state index < -0.39 is 0 Å². The highest BCUT2D eigenvalue weighted by atomic mass is 16.2. The van der Waals surface area contributed by atoms with Crippen molar-refractivity contribution in [3.63, 3.8) is 0 Å². The van der Waals surface area contributed by atoms with Gasteiger partial charge in [0.2, 0.25) is 0 Å². The maximum Gasteiger partial charge on any atom is 0.323 e. The Labute approximate surface area is 180 Å². The van der Waals surface area contributed by atoms with E-state index in [1.54, 1.807) is 16.7 Å². The Bertz CT molecular complexity index is 1320. The maximum absolute atomic E-state index is 13.0. The summed E-state index contributed by atoms with van der Waals surface area (Å²) < 4.78 is 1.59. The van der Waals surface area contributed by atoms with Gasteiger partial charge in [-0.05, 0) is 73.9 Å². The van der Waals surface area contributed by atoms with Crippen molar-refractivity contribution >= 4 is 28.3 Å². The lowest BCUT2D eigenvalue weighted by Crippen LogP contribution is -2.23. The second-order valence-electron chi connectivity index (χ2n) is 7.45. The zero-order chi connectivity index (χ0) is 22.0. The van der Waals surface area contributed by atoms with E-state index in [1.807, 2.05) is 68.4 Å². The second-order valence-corrected chi connectivity index (χ2v) is 7.45. The van der Waals surface area contributed by atoms with Crippen LogP contribution < -0.4 is 16.2 Å². The Balaban J connectivity index is 1.58. The zero-order valence-corrected chi connectivity index (χ0v) is 17.8. The SMILES string of the molecule is CCc1ccc(NC(=O)Nc2ccc(-n3c(C)nc4ccccc4c3=O)cc2C)cc1. The zero-order valence-electron chi connectivity index (χ0n) is 17.8. The molecule has 0 saturated carbocycles. The average molecular weight is 412 g/mol. The lowest BCUT2D eigenvalue weighted by Gasteiger charge is -2.14. The Morgan fingerprint density at radius 3 is 2.42 bits per heavy atom. The monoisotopic (exact) mass is 412 g/mol. The number of carbonyl (C=O) groups excluding carboxylic acids is 1. The summed E-state index contributed by atoms with van der Waals surface area (Å²) in [6, 6.07) is 20.2. The Hall–Kier alpha value is -3.93. The van der Waals surface area contributed by atoms with Crippen molar-refractivity contribution in [2.75, 3.05) is 10.6 Å². The van der Waals surface area contributed by atoms with Gasteiger partial charge < -0.3 is 10.6 Å². The minimum atomic E-state index is -0.319. The number of carbonyl (C=O) groups is 1. The summed E-state index contributed by atoms with van der Waals surface area (Å²) in [5.74, 6) is 0.608. The molecule has 2 N–H and O–H groups in total. The van der Waals surface area contributed by atoms with Crippen LogP contribution in [-0.2, 0) is 6.42 Å². The van der Waals surface area contributed by atoms with Crippen molar-refractivity contribution in [3.05, 3.63) is 94.0 Å². The summed E-state index contributed by atoms with van der Waals surface area (Å²) in [5, 5.41) is 6.28. The van der Waals surface area contributed by atoms with Crippen LogP contribution in [0.3, 0.4) is 0 Å². The molecule has 1 aromatic heterocycles. The third-order valence-corrected chi connectivity index (χ3v) is 5.28. The number of hydrogen-bond donors (Lipinski definition) is 2. The number of nitrogens with zero attached hydrogens (tertiary/aromatic N) is 2. The number of aryl methyl sites for hydroxylation is 3. The first-order chi connectivity index (χ1) is 15.0. The first-order valence-electron chi connectivity index (χ1n) is 10.2. The van der Waals surface area contributed by atoms with Gasteiger partial charge in [-0.1, -0.05) is 31.2 Å². The van der Waals surface area contributed by atoms with E-state index in [4.69, 9.17) is 0 Å². The smallest absolute Gasteiger partial charge is 0.308 e. The molecule has 0 saturated heterocycles. The first kappa shape index (κ1) is 20.3. The molecule has 156 valence electrons. The van der Waals surface area contributed by atoms with Gasteiger partial charge in [-0.15, -0.1) is 0 Å². The highest BCUT2D eigenvalue weighted by molar-refractivity contribution is 6.00. The molecule has 0 aliphatic heterocycles. The number of urea groups is 1. The normalized spacial score (nSPS) is 10.8. The minimum Gasteiger partial charge on any atom is -0.308 e. The van der Waals surface area contributed by atoms with Gasteiger partial charge in [-0.2, -0.15) is 0 Å². The largest absolute Gasteiger partial charge is 0.323 e. The van der Waals surface area contributed by atoms with Crippen LogP contribution >= 0.6 is 0 Å². The molecule has 4 rings (SSSR count). The van der Waals surface area contributed by atoms with Crippen molar-refractivity contribution < 1.29 is 4.79 Å². The summed E-state index contributed by atoms with van der Waals surface area (Å²) >= 11 is 0. The molecule has 0 aliphatic rings. The number of benzene rings is 3. The Morgan fingerprint density at radius 2 is 1.71 bits per heavy atom. The number of anilines is 2. The van der Waals surface area contributed by atoms with E-state index >= 15 is 0 Å². The number of hydrogen-bond acceptors (Lipinski definition) is 3. The van der Waals surface area contributed by atoms with Gasteiger partial charge in [-0.25, -0.2) is 9.78 Å². The number of fused-ring (bicyclic) bond motifs is 1. The third-order valence-electron chi connectivity index (χ3n) is 5.28. The molecule has 0 aliphatic carbocycles. The van der Waals surface area contributed by atoms with Crippen LogP contribution in [0.25, 0.3) is 16.6 Å². The van der Waals surface area contributed by atoms with E-state index in [2.05, 4.69) is 22.5 Å². The van der Waals surface area contributed by atoms with Crippen LogP contribution in [0, 0.1) is 13.8 Å². The van der Waals surface area contributed by atoms with E-state index in [0.717, 1.165) is 17.7 Å². The van der Waals surface area contributed by atoms with Crippen molar-refractivity contribution in [1.82, 2.24) is 9.55 Å². The summed E-state index contributed by atoms with van der Waals surface area (Å²) in [6.45, 7) is 5.79. The van der Waals surface area contributed by atoms with Crippen molar-refractivity contribution in [2.24, 2.45) is 0 Å². The van der Waals surface area contributed by atoms with Crippen LogP contribution in [0.1, 0.15) is 23.9 Å². The highest BCUT2D eigenvalue weighted by Crippen LogP contribution is 2.20. The summed E-state index contributed by atoms with van der Waals surface area (Å²) in [5.41, 5.74) is 4.73. The molecular weight excluding hydrogens is 388 g/mol. The van der Waals surface area contributed by atoms with Gasteiger partial charge >= 0.3 is 6.03 Å². The van der Waals surface area contributed by atoms with Crippen molar-refractivity contribution in [2.45, 2.75) is 27.2 Å². The fourth-order valence-corrected chi connectivity index (χ4v) is 3.58. The molecule has 3 aromatic carbocycles. The quantitative estimate of drug-likeness (QED) is 0.483. The molecule has 2 amide bonds. The molecular formula is C25H24N4O2. The Kier molecular flexibility index (Phi) is 5.54. The molecule has 0 atom stereocenters. The van der Waals surface area contributed by atoms with E-state index in [9.17, 15) is 9.59 Å². The molecule has 6 heteroatoms. The van der Waals surface area contributed by atoms with E-state index in [1.165, 1.54) is 5.56 Å². The van der Waals surface area contributed by atoms with Crippen LogP contribution in [-0.4, -0.2) is 15.6 Å². The van der Waals surface area contributed by atoms with Gasteiger partial charge in [0.1, 0.15) is 5.82 Å². The van der Waals surface area contributed by atoms with Crippen LogP contribution in [0.5, 0.6) is 0 Å². The number of rotatable bonds is 4. The van der Waals surface area contributed by atoms with E-state index in [-0.39, 0.29) is 11.6 Å². The van der Waals surface area contributed by atoms with Crippen LogP contribution in [0.2, 0.25) is 0 Å². The molecule has 31 heavy (non-hydrogen) atoms. The predicted octanol–water partition coefficient (Wildman–Crippen LogP) is 5.21. The van der Waals surface area contributed by atoms with Crippen molar-refractivity contribution in [1.29, 1.82) is 0 Å². The van der Waals surface area contributed by atoms with Crippen LogP contribution in [0.15, 0.2) is 71.5 Å². The number of para-hydroxylation sites is 1. The summed E-state index contributed by atoms with van der Waals surface area (Å²) in [4.78, 5) is 30.0. The first-order valence-corrected chi connectivity index (χ1v) is 10.2. The molecule has 0 radical (unpaired) electrons. The van der Waals surface area contributed by atoms with Gasteiger partial charge in [0.25, 0.3) is 5.56 Å². The average Bonchev–Trinajstić information content (AvgIpc) is 2.76. The molecule has 4 aromatic rings. The Morgan fingerprint density at radius 1 is 0.968 bits per heavy atom. The fraction of sp³-hybridized carbons (Fsp3) is 0.160. The number of aromatic nitrogens is 2. The van der Waals surface area contributed by atoms with E-state index in [0.29, 0.717) is 28.1 Å². The number of amides is 2. The lowest BCUT2D eigenvalue weighted by atomic mass is 10.1. The van der Waals surface area contributed by atoms with Crippen molar-refractivity contribution in [3.8, 4) is 5.69 Å². The molecule has 0 bridgehead atoms. The fourth-order valence-electron chi connectivity index (χ4n) is 3.58. The summed E-state index contributed by atoms with van der Waals surface area (Å²) in [6.07, 6.45) is 0.952. The van der Waals surface area contributed by atoms with Crippen LogP contribution in [0.4, 0.5) is 16.2 Å². The molecule has 0 spiro atoms. The summed E-state index contributed by atoms with van der Waals surface area (Å²) in [7, 11) is 0. The molecule has 6 nitrogen and oxygen atoms in total. The van der Waals surface area contributed by atoms with Gasteiger partial charge in [0.15, 0.2) is 0 Å². The third kappa shape index (κ3) is 4.19. The molecule has 1 heterocycles. The second kappa shape index (κ2) is 8.44. The number of nitrogens with one attached hydrogen (secondary N) is 2. The van der Waals surface area contributed by atoms with Gasteiger partial charge in [0.05, 0.1) is 16.6 Å². The molecule has 0 fully saturated rings. The predicted molar refractivity (Wildman–Crippen MR) is 125 cm³/mol. The van der Waals surface area contributed by atoms with Gasteiger partial charge in [0, 0.05) is 11.4 Å². The minimum absolute atomic E-state index is 0.114. The maximum atomic E-state index is 13.0. The standard InChI is InChI=1S/C25H24N4O2/c1-4-18-9-11-19(12-10-18)27-25(31)28-22-14-13-20(15-16(22)2)29-17(3)26-23-8-6-5-7-21(23)24(29)30/h5-15H,4H2,1-3H3,(H2,27,28,31). The molecule has 0 unspecified atom stereocenters. The van der Waals surface area contributed by atoms with Gasteiger partial charge in [-0.3, -0.25) is 9.36 Å².